The Morgan fingerprint density at radius 2 is 1.77 bits per heavy atom. The van der Waals surface area contributed by atoms with Crippen LogP contribution < -0.4 is 14.4 Å². The van der Waals surface area contributed by atoms with Gasteiger partial charge in [-0.05, 0) is 75.6 Å². The van der Waals surface area contributed by atoms with E-state index in [9.17, 15) is 26.4 Å². The van der Waals surface area contributed by atoms with Gasteiger partial charge < -0.3 is 9.64 Å². The summed E-state index contributed by atoms with van der Waals surface area (Å²) in [7, 11) is -4.14. The molecule has 5 rings (SSSR count). The molecule has 1 unspecified atom stereocenters. The first-order valence-electron chi connectivity index (χ1n) is 14.3. The number of sulfonamides is 1. The summed E-state index contributed by atoms with van der Waals surface area (Å²) in [5.74, 6) is 0.673. The number of benzene rings is 1. The van der Waals surface area contributed by atoms with E-state index in [1.54, 1.807) is 24.4 Å². The lowest BCUT2D eigenvalue weighted by Gasteiger charge is -2.49. The van der Waals surface area contributed by atoms with E-state index in [1.165, 1.54) is 35.0 Å². The summed E-state index contributed by atoms with van der Waals surface area (Å²) in [6.07, 6.45) is -1.77. The fourth-order valence-corrected chi connectivity index (χ4v) is 6.65. The Labute approximate surface area is 249 Å². The van der Waals surface area contributed by atoms with Gasteiger partial charge in [-0.25, -0.2) is 22.8 Å². The first-order chi connectivity index (χ1) is 20.1. The second kappa shape index (κ2) is 11.1. The van der Waals surface area contributed by atoms with E-state index in [0.29, 0.717) is 24.1 Å². The summed E-state index contributed by atoms with van der Waals surface area (Å²) >= 11 is 0. The van der Waals surface area contributed by atoms with Crippen LogP contribution in [-0.4, -0.2) is 54.0 Å². The molecule has 2 aromatic heterocycles. The average molecular weight is 620 g/mol. The van der Waals surface area contributed by atoms with Crippen LogP contribution >= 0.6 is 0 Å². The number of pyridine rings is 1. The highest BCUT2D eigenvalue weighted by Crippen LogP contribution is 2.59. The summed E-state index contributed by atoms with van der Waals surface area (Å²) in [5, 5.41) is 4.34. The molecule has 1 amide bonds. The summed E-state index contributed by atoms with van der Waals surface area (Å²) in [6, 6.07) is 12.2. The molecule has 232 valence electrons. The van der Waals surface area contributed by atoms with Crippen LogP contribution in [0.3, 0.4) is 0 Å². The summed E-state index contributed by atoms with van der Waals surface area (Å²) in [6.45, 7) is 8.88. The first kappa shape index (κ1) is 30.8. The maximum Gasteiger partial charge on any atom is 0.394 e. The number of hydrogen-bond donors (Lipinski definition) is 1. The number of piperidine rings is 1. The minimum atomic E-state index is -4.25. The third-order valence-corrected chi connectivity index (χ3v) is 10.1. The van der Waals surface area contributed by atoms with Crippen LogP contribution in [0.5, 0.6) is 5.88 Å². The van der Waals surface area contributed by atoms with Crippen molar-refractivity contribution in [2.75, 3.05) is 18.1 Å². The highest BCUT2D eigenvalue weighted by atomic mass is 32.2. The van der Waals surface area contributed by atoms with E-state index in [1.807, 2.05) is 4.90 Å². The van der Waals surface area contributed by atoms with Gasteiger partial charge in [0, 0.05) is 24.3 Å². The number of anilines is 1. The zero-order valence-electron chi connectivity index (χ0n) is 24.6. The molecule has 2 aliphatic rings. The first-order valence-corrected chi connectivity index (χ1v) is 15.8. The number of carbonyl (C=O) groups is 1. The highest BCUT2D eigenvalue weighted by Gasteiger charge is 2.62. The summed E-state index contributed by atoms with van der Waals surface area (Å²) in [5.41, 5.74) is -1.98. The van der Waals surface area contributed by atoms with Gasteiger partial charge in [0.1, 0.15) is 5.82 Å². The smallest absolute Gasteiger partial charge is 0.394 e. The number of amides is 1. The van der Waals surface area contributed by atoms with Gasteiger partial charge >= 0.3 is 6.18 Å². The Morgan fingerprint density at radius 1 is 1.07 bits per heavy atom. The molecule has 0 spiro atoms. The SMILES string of the molecule is CC1CN(c2nc(-n3ccc(OCCC4(C(F)(F)F)CC4)n3)ccc2C(=O)NS(=O)(=O)c2ccccc2)C(C)(C)C[C@@H]1C. The lowest BCUT2D eigenvalue weighted by molar-refractivity contribution is -0.190. The second-order valence-electron chi connectivity index (χ2n) is 12.3. The van der Waals surface area contributed by atoms with Crippen LogP contribution in [0, 0.1) is 17.3 Å². The summed E-state index contributed by atoms with van der Waals surface area (Å²) < 4.78 is 74.8. The molecule has 2 atom stereocenters. The lowest BCUT2D eigenvalue weighted by atomic mass is 9.78. The number of alkyl halides is 3. The number of rotatable bonds is 9. The standard InChI is InChI=1S/C30H36F3N5O4S/c1-20-18-28(3,4)37(19-21(20)2)26-23(27(39)36-43(40,41)22-8-6-5-7-9-22)10-11-24(34-26)38-16-12-25(35-38)42-17-15-29(13-14-29)30(31,32)33/h5-12,16,20-21H,13-15,17-19H2,1-4H3,(H,36,39)/t20-,21?/m0/s1. The molecular weight excluding hydrogens is 583 g/mol. The van der Waals surface area contributed by atoms with Gasteiger partial charge in [-0.1, -0.05) is 32.0 Å². The van der Waals surface area contributed by atoms with Gasteiger partial charge in [0.15, 0.2) is 5.82 Å². The van der Waals surface area contributed by atoms with Gasteiger partial charge in [-0.2, -0.15) is 13.2 Å². The van der Waals surface area contributed by atoms with E-state index in [-0.39, 0.29) is 48.1 Å². The van der Waals surface area contributed by atoms with E-state index in [4.69, 9.17) is 9.72 Å². The molecular formula is C30H36F3N5O4S. The van der Waals surface area contributed by atoms with Gasteiger partial charge in [0.25, 0.3) is 15.9 Å². The van der Waals surface area contributed by atoms with Crippen LogP contribution in [0.25, 0.3) is 5.82 Å². The molecule has 1 aliphatic heterocycles. The maximum atomic E-state index is 13.5. The Balaban J connectivity index is 1.43. The van der Waals surface area contributed by atoms with Crippen molar-refractivity contribution in [3.05, 3.63) is 60.3 Å². The minimum absolute atomic E-state index is 0.0397. The molecule has 1 N–H and O–H groups in total. The van der Waals surface area contributed by atoms with Crippen LogP contribution in [0.2, 0.25) is 0 Å². The van der Waals surface area contributed by atoms with Crippen molar-refractivity contribution in [3.8, 4) is 11.7 Å². The van der Waals surface area contributed by atoms with Crippen molar-refractivity contribution in [3.63, 3.8) is 0 Å². The maximum absolute atomic E-state index is 13.5. The van der Waals surface area contributed by atoms with Crippen LogP contribution in [0.4, 0.5) is 19.0 Å². The topological polar surface area (TPSA) is 106 Å². The predicted octanol–water partition coefficient (Wildman–Crippen LogP) is 5.76. The number of ether oxygens (including phenoxy) is 1. The van der Waals surface area contributed by atoms with Gasteiger partial charge in [0.05, 0.1) is 22.5 Å². The molecule has 3 heterocycles. The largest absolute Gasteiger partial charge is 0.477 e. The lowest BCUT2D eigenvalue weighted by Crippen LogP contribution is -2.54. The van der Waals surface area contributed by atoms with E-state index in [2.05, 4.69) is 37.5 Å². The average Bonchev–Trinajstić information content (AvgIpc) is 3.60. The van der Waals surface area contributed by atoms with Crippen LogP contribution in [0.15, 0.2) is 59.6 Å². The van der Waals surface area contributed by atoms with Crippen molar-refractivity contribution >= 4 is 21.7 Å². The molecule has 13 heteroatoms. The van der Waals surface area contributed by atoms with Crippen molar-refractivity contribution in [2.45, 2.75) is 70.0 Å². The molecule has 1 saturated carbocycles. The van der Waals surface area contributed by atoms with E-state index in [0.717, 1.165) is 6.42 Å². The highest BCUT2D eigenvalue weighted by molar-refractivity contribution is 7.90. The molecule has 43 heavy (non-hydrogen) atoms. The monoisotopic (exact) mass is 619 g/mol. The Bertz CT molecular complexity index is 1590. The molecule has 0 bridgehead atoms. The number of hydrogen-bond acceptors (Lipinski definition) is 7. The van der Waals surface area contributed by atoms with Crippen LogP contribution in [-0.2, 0) is 10.0 Å². The Hall–Kier alpha value is -3.61. The minimum Gasteiger partial charge on any atom is -0.477 e. The van der Waals surface area contributed by atoms with Gasteiger partial charge in [-0.3, -0.25) is 4.79 Å². The van der Waals surface area contributed by atoms with E-state index >= 15 is 0 Å². The van der Waals surface area contributed by atoms with Crippen molar-refractivity contribution in [1.29, 1.82) is 0 Å². The Morgan fingerprint density at radius 3 is 2.42 bits per heavy atom. The predicted molar refractivity (Wildman–Crippen MR) is 155 cm³/mol. The molecule has 1 saturated heterocycles. The second-order valence-corrected chi connectivity index (χ2v) is 14.0. The fraction of sp³-hybridized carbons (Fsp3) is 0.500. The third kappa shape index (κ3) is 6.36. The molecule has 0 radical (unpaired) electrons. The number of nitrogens with zero attached hydrogens (tertiary/aromatic N) is 4. The van der Waals surface area contributed by atoms with Gasteiger partial charge in [0.2, 0.25) is 5.88 Å². The molecule has 1 aliphatic carbocycles. The molecule has 2 fully saturated rings. The number of nitrogens with one attached hydrogen (secondary N) is 1. The number of aromatic nitrogens is 3. The third-order valence-electron chi connectivity index (χ3n) is 8.72. The number of carbonyl (C=O) groups excluding carboxylic acids is 1. The van der Waals surface area contributed by atoms with Gasteiger partial charge in [-0.15, -0.1) is 5.10 Å². The van der Waals surface area contributed by atoms with Crippen molar-refractivity contribution < 1.29 is 31.1 Å². The normalized spacial score (nSPS) is 21.3. The molecule has 1 aromatic carbocycles. The quantitative estimate of drug-likeness (QED) is 0.325. The Kier molecular flexibility index (Phi) is 7.99. The fourth-order valence-electron chi connectivity index (χ4n) is 5.66. The molecule has 9 nitrogen and oxygen atoms in total. The molecule has 3 aromatic rings. The summed E-state index contributed by atoms with van der Waals surface area (Å²) in [4.78, 5) is 20.3. The zero-order valence-corrected chi connectivity index (χ0v) is 25.4. The number of halogens is 3. The van der Waals surface area contributed by atoms with Crippen LogP contribution in [0.1, 0.15) is 63.7 Å². The van der Waals surface area contributed by atoms with Crippen molar-refractivity contribution in [2.24, 2.45) is 17.3 Å². The zero-order chi connectivity index (χ0) is 31.2. The van der Waals surface area contributed by atoms with Crippen molar-refractivity contribution in [1.82, 2.24) is 19.5 Å². The van der Waals surface area contributed by atoms with E-state index < -0.39 is 33.1 Å².